The van der Waals surface area contributed by atoms with Crippen LogP contribution in [0.1, 0.15) is 46.0 Å². The Balaban J connectivity index is 2.22. The molecule has 0 aromatic carbocycles. The van der Waals surface area contributed by atoms with E-state index in [9.17, 15) is 0 Å². The number of nitrogens with one attached hydrogen (secondary N) is 1. The van der Waals surface area contributed by atoms with Crippen LogP contribution in [0.3, 0.4) is 0 Å². The zero-order chi connectivity index (χ0) is 10.2. The average molecular weight is 198 g/mol. The van der Waals surface area contributed by atoms with E-state index in [1.54, 1.807) is 0 Å². The second-order valence-electron chi connectivity index (χ2n) is 4.48. The lowest BCUT2D eigenvalue weighted by Gasteiger charge is -2.31. The fourth-order valence-corrected chi connectivity index (χ4v) is 2.14. The van der Waals surface area contributed by atoms with Crippen LogP contribution in [-0.4, -0.2) is 37.1 Å². The van der Waals surface area contributed by atoms with Crippen molar-refractivity contribution >= 4 is 0 Å². The molecule has 1 aliphatic heterocycles. The highest BCUT2D eigenvalue weighted by Crippen LogP contribution is 2.08. The van der Waals surface area contributed by atoms with Gasteiger partial charge in [-0.3, -0.25) is 0 Å². The second kappa shape index (κ2) is 7.24. The SMILES string of the molecule is CCCCCN1CCCNCCC1C. The van der Waals surface area contributed by atoms with Crippen molar-refractivity contribution in [3.63, 3.8) is 0 Å². The van der Waals surface area contributed by atoms with Crippen LogP contribution in [0.25, 0.3) is 0 Å². The van der Waals surface area contributed by atoms with Crippen LogP contribution in [-0.2, 0) is 0 Å². The van der Waals surface area contributed by atoms with Gasteiger partial charge in [0.2, 0.25) is 0 Å². The summed E-state index contributed by atoms with van der Waals surface area (Å²) in [6.07, 6.45) is 6.74. The van der Waals surface area contributed by atoms with E-state index < -0.39 is 0 Å². The van der Waals surface area contributed by atoms with Gasteiger partial charge in [0.15, 0.2) is 0 Å². The van der Waals surface area contributed by atoms with Gasteiger partial charge in [-0.25, -0.2) is 0 Å². The Kier molecular flexibility index (Phi) is 6.20. The maximum atomic E-state index is 3.48. The van der Waals surface area contributed by atoms with Crippen LogP contribution in [0.2, 0.25) is 0 Å². The number of unbranched alkanes of at least 4 members (excludes halogenated alkanes) is 2. The number of hydrogen-bond acceptors (Lipinski definition) is 2. The smallest absolute Gasteiger partial charge is 0.00790 e. The Morgan fingerprint density at radius 1 is 1.29 bits per heavy atom. The number of hydrogen-bond donors (Lipinski definition) is 1. The summed E-state index contributed by atoms with van der Waals surface area (Å²) in [6, 6.07) is 0.777. The van der Waals surface area contributed by atoms with Gasteiger partial charge < -0.3 is 10.2 Å². The van der Waals surface area contributed by atoms with Crippen molar-refractivity contribution in [2.75, 3.05) is 26.2 Å². The Bertz CT molecular complexity index is 136. The first-order chi connectivity index (χ1) is 6.84. The highest BCUT2D eigenvalue weighted by molar-refractivity contribution is 4.71. The molecule has 84 valence electrons. The van der Waals surface area contributed by atoms with E-state index >= 15 is 0 Å². The summed E-state index contributed by atoms with van der Waals surface area (Å²) in [5, 5.41) is 3.48. The van der Waals surface area contributed by atoms with E-state index in [-0.39, 0.29) is 0 Å². The standard InChI is InChI=1S/C12H26N2/c1-3-4-5-10-14-11-6-8-13-9-7-12(14)2/h12-13H,3-11H2,1-2H3. The molecule has 1 rings (SSSR count). The summed E-state index contributed by atoms with van der Waals surface area (Å²) >= 11 is 0. The summed E-state index contributed by atoms with van der Waals surface area (Å²) < 4.78 is 0. The molecule has 1 aliphatic rings. The Morgan fingerprint density at radius 2 is 2.14 bits per heavy atom. The molecule has 0 radical (unpaired) electrons. The molecule has 14 heavy (non-hydrogen) atoms. The highest BCUT2D eigenvalue weighted by atomic mass is 15.2. The van der Waals surface area contributed by atoms with Crippen molar-refractivity contribution in [3.8, 4) is 0 Å². The molecule has 0 aromatic rings. The van der Waals surface area contributed by atoms with Crippen molar-refractivity contribution < 1.29 is 0 Å². The van der Waals surface area contributed by atoms with Gasteiger partial charge in [0, 0.05) is 6.04 Å². The topological polar surface area (TPSA) is 15.3 Å². The van der Waals surface area contributed by atoms with Gasteiger partial charge >= 0.3 is 0 Å². The molecule has 2 heteroatoms. The zero-order valence-corrected chi connectivity index (χ0v) is 9.89. The van der Waals surface area contributed by atoms with Crippen LogP contribution in [0.15, 0.2) is 0 Å². The molecule has 1 N–H and O–H groups in total. The average Bonchev–Trinajstić information content (AvgIpc) is 2.17. The molecule has 1 unspecified atom stereocenters. The van der Waals surface area contributed by atoms with Gasteiger partial charge in [-0.05, 0) is 52.4 Å². The predicted molar refractivity (Wildman–Crippen MR) is 62.7 cm³/mol. The van der Waals surface area contributed by atoms with E-state index in [1.807, 2.05) is 0 Å². The van der Waals surface area contributed by atoms with Crippen molar-refractivity contribution in [1.82, 2.24) is 10.2 Å². The molecule has 0 aliphatic carbocycles. The van der Waals surface area contributed by atoms with Gasteiger partial charge in [0.05, 0.1) is 0 Å². The van der Waals surface area contributed by atoms with Crippen LogP contribution in [0, 0.1) is 0 Å². The van der Waals surface area contributed by atoms with Gasteiger partial charge in [-0.2, -0.15) is 0 Å². The minimum Gasteiger partial charge on any atom is -0.317 e. The Labute approximate surface area is 89.1 Å². The van der Waals surface area contributed by atoms with Gasteiger partial charge in [-0.1, -0.05) is 19.8 Å². The molecule has 2 nitrogen and oxygen atoms in total. The van der Waals surface area contributed by atoms with Crippen molar-refractivity contribution in [1.29, 1.82) is 0 Å². The number of nitrogens with zero attached hydrogens (tertiary/aromatic N) is 1. The minimum atomic E-state index is 0.777. The normalized spacial score (nSPS) is 25.7. The lowest BCUT2D eigenvalue weighted by molar-refractivity contribution is 0.182. The Hall–Kier alpha value is -0.0800. The largest absolute Gasteiger partial charge is 0.317 e. The van der Waals surface area contributed by atoms with E-state index in [0.29, 0.717) is 0 Å². The maximum absolute atomic E-state index is 3.48. The monoisotopic (exact) mass is 198 g/mol. The van der Waals surface area contributed by atoms with Crippen molar-refractivity contribution in [2.24, 2.45) is 0 Å². The van der Waals surface area contributed by atoms with E-state index in [0.717, 1.165) is 6.04 Å². The third-order valence-corrected chi connectivity index (χ3v) is 3.21. The summed E-state index contributed by atoms with van der Waals surface area (Å²) in [5.74, 6) is 0. The first-order valence-electron chi connectivity index (χ1n) is 6.29. The highest BCUT2D eigenvalue weighted by Gasteiger charge is 2.14. The third kappa shape index (κ3) is 4.43. The number of rotatable bonds is 4. The maximum Gasteiger partial charge on any atom is 0.00790 e. The van der Waals surface area contributed by atoms with E-state index in [1.165, 1.54) is 58.3 Å². The first-order valence-corrected chi connectivity index (χ1v) is 6.29. The fraction of sp³-hybridized carbons (Fsp3) is 1.00. The van der Waals surface area contributed by atoms with Crippen molar-refractivity contribution in [3.05, 3.63) is 0 Å². The second-order valence-corrected chi connectivity index (χ2v) is 4.48. The molecular formula is C12H26N2. The molecular weight excluding hydrogens is 172 g/mol. The summed E-state index contributed by atoms with van der Waals surface area (Å²) in [4.78, 5) is 2.68. The molecule has 0 bridgehead atoms. The third-order valence-electron chi connectivity index (χ3n) is 3.21. The van der Waals surface area contributed by atoms with Gasteiger partial charge in [-0.15, -0.1) is 0 Å². The molecule has 1 heterocycles. The predicted octanol–water partition coefficient (Wildman–Crippen LogP) is 2.25. The molecule has 0 amide bonds. The molecule has 0 saturated carbocycles. The van der Waals surface area contributed by atoms with Crippen LogP contribution >= 0.6 is 0 Å². The quantitative estimate of drug-likeness (QED) is 0.697. The Morgan fingerprint density at radius 3 is 2.93 bits per heavy atom. The summed E-state index contributed by atoms with van der Waals surface area (Å²) in [6.45, 7) is 9.66. The van der Waals surface area contributed by atoms with Crippen LogP contribution in [0.5, 0.6) is 0 Å². The zero-order valence-electron chi connectivity index (χ0n) is 9.89. The molecule has 0 spiro atoms. The summed E-state index contributed by atoms with van der Waals surface area (Å²) in [5.41, 5.74) is 0. The minimum absolute atomic E-state index is 0.777. The van der Waals surface area contributed by atoms with Gasteiger partial charge in [0.25, 0.3) is 0 Å². The fourth-order valence-electron chi connectivity index (χ4n) is 2.14. The molecule has 0 aromatic heterocycles. The van der Waals surface area contributed by atoms with Crippen LogP contribution in [0.4, 0.5) is 0 Å². The van der Waals surface area contributed by atoms with E-state index in [4.69, 9.17) is 0 Å². The first kappa shape index (κ1) is 12.0. The molecule has 1 fully saturated rings. The van der Waals surface area contributed by atoms with Crippen LogP contribution < -0.4 is 5.32 Å². The van der Waals surface area contributed by atoms with E-state index in [2.05, 4.69) is 24.1 Å². The molecule has 1 saturated heterocycles. The lowest BCUT2D eigenvalue weighted by Crippen LogP contribution is -2.40. The molecule has 1 atom stereocenters. The van der Waals surface area contributed by atoms with Crippen molar-refractivity contribution in [2.45, 2.75) is 52.0 Å². The summed E-state index contributed by atoms with van der Waals surface area (Å²) in [7, 11) is 0. The lowest BCUT2D eigenvalue weighted by atomic mass is 10.1. The van der Waals surface area contributed by atoms with Gasteiger partial charge in [0.1, 0.15) is 0 Å².